The van der Waals surface area contributed by atoms with Gasteiger partial charge in [0.05, 0.1) is 238 Å². The average molecular weight is 2300 g/mol. The summed E-state index contributed by atoms with van der Waals surface area (Å²) in [6.45, 7) is 109. The van der Waals surface area contributed by atoms with E-state index in [4.69, 9.17) is 128 Å². The van der Waals surface area contributed by atoms with E-state index < -0.39 is 98.8 Å². The van der Waals surface area contributed by atoms with Crippen LogP contribution in [0.2, 0.25) is 236 Å². The molecule has 0 atom stereocenters. The van der Waals surface area contributed by atoms with Crippen molar-refractivity contribution in [3.63, 3.8) is 0 Å². The molecule has 0 aromatic heterocycles. The van der Waals surface area contributed by atoms with Crippen molar-refractivity contribution in [2.45, 2.75) is 250 Å². The zero-order valence-corrected chi connectivity index (χ0v) is 107. The fraction of sp³-hybridized carbons (Fsp3) is 0.974. The maximum atomic E-state index is 8.62. The third kappa shape index (κ3) is 198. The minimum atomic E-state index is -1.11. The Bertz CT molecular complexity index is 1540. The topological polar surface area (TPSA) is 306 Å². The number of rotatable bonds is 14. The first-order chi connectivity index (χ1) is 53.6. The number of ether oxygens (including phenoxy) is 19. The van der Waals surface area contributed by atoms with Gasteiger partial charge in [0.25, 0.3) is 0 Å². The van der Waals surface area contributed by atoms with E-state index in [1.807, 2.05) is 13.8 Å². The minimum Gasteiger partial charge on any atom is -0.833 e. The number of hydrogen-bond donors (Lipinski definition) is 0. The molecule has 121 heavy (non-hydrogen) atoms. The van der Waals surface area contributed by atoms with Crippen LogP contribution >= 0.6 is 0 Å². The van der Waals surface area contributed by atoms with Crippen molar-refractivity contribution in [3.05, 3.63) is 27.9 Å². The summed E-state index contributed by atoms with van der Waals surface area (Å²) in [4.78, 5) is 0. The van der Waals surface area contributed by atoms with E-state index in [0.29, 0.717) is 238 Å². The van der Waals surface area contributed by atoms with Crippen LogP contribution in [0.1, 0.15) is 13.8 Å². The van der Waals surface area contributed by atoms with Crippen molar-refractivity contribution in [3.8, 4) is 12.2 Å². The van der Waals surface area contributed by atoms with Crippen molar-refractivity contribution in [1.29, 1.82) is 0 Å². The first-order valence-corrected chi connectivity index (χ1v) is 84.1. The van der Waals surface area contributed by atoms with Crippen LogP contribution in [-0.4, -0.2) is 350 Å². The predicted molar refractivity (Wildman–Crippen MR) is 525 cm³/mol. The Morgan fingerprint density at radius 1 is 0.174 bits per heavy atom. The molecule has 0 N–H and O–H groups in total. The van der Waals surface area contributed by atoms with E-state index >= 15 is 0 Å². The molecule has 0 aliphatic carbocycles. The summed E-state index contributed by atoms with van der Waals surface area (Å²) in [5.41, 5.74) is 0. The van der Waals surface area contributed by atoms with Crippen molar-refractivity contribution in [2.24, 2.45) is 0 Å². The molecule has 0 unspecified atom stereocenters. The molecule has 27 nitrogen and oxygen atoms in total. The molecule has 0 amide bonds. The first-order valence-electron chi connectivity index (χ1n) is 42.7. The number of nitrogens with zero attached hydrogens (tertiary/aromatic N) is 6. The Morgan fingerprint density at radius 3 is 0.248 bits per heavy atom. The summed E-state index contributed by atoms with van der Waals surface area (Å²) in [5.74, 6) is 0. The second-order valence-electron chi connectivity index (χ2n) is 38.7. The van der Waals surface area contributed by atoms with Crippen LogP contribution in [0.5, 0.6) is 0 Å². The van der Waals surface area contributed by atoms with Crippen molar-refractivity contribution >= 4 is 98.8 Å². The Kier molecular flexibility index (Phi) is 122. The van der Waals surface area contributed by atoms with Crippen molar-refractivity contribution < 1.29 is 277 Å². The molecular weight excluding hydrogens is 2110 g/mol. The summed E-state index contributed by atoms with van der Waals surface area (Å²) in [6.07, 6.45) is 1.75. The van der Waals surface area contributed by atoms with Crippen molar-refractivity contribution in [1.82, 2.24) is 0 Å². The molecular formula is C78H190K2N6O21Si12Tm2. The molecule has 0 bridgehead atoms. The molecule has 0 saturated carbocycles. The van der Waals surface area contributed by atoms with Gasteiger partial charge in [-0.25, -0.2) is 0 Å². The van der Waals surface area contributed by atoms with Gasteiger partial charge in [-0.05, 0) is 13.8 Å². The Balaban J connectivity index is -0.000000110. The van der Waals surface area contributed by atoms with Gasteiger partial charge in [0.2, 0.25) is 0 Å². The second-order valence-corrected chi connectivity index (χ2v) is 96.2. The normalized spacial score (nSPS) is 17.4. The smallest absolute Gasteiger partial charge is 0.833 e. The van der Waals surface area contributed by atoms with Gasteiger partial charge in [-0.3, -0.25) is 0 Å². The molecule has 0 aromatic carbocycles. The molecule has 0 aromatic rings. The van der Waals surface area contributed by atoms with Crippen LogP contribution < -0.4 is 113 Å². The third-order valence-electron chi connectivity index (χ3n) is 11.2. The molecule has 734 valence electrons. The van der Waals surface area contributed by atoms with Crippen LogP contribution in [0.15, 0.2) is 0 Å². The van der Waals surface area contributed by atoms with Crippen LogP contribution in [0.3, 0.4) is 0 Å². The van der Waals surface area contributed by atoms with Gasteiger partial charge in [-0.15, -0.1) is 0 Å². The molecule has 3 rings (SSSR count). The van der Waals surface area contributed by atoms with Crippen molar-refractivity contribution in [2.75, 3.05) is 251 Å². The minimum absolute atomic E-state index is 0. The van der Waals surface area contributed by atoms with E-state index in [0.717, 1.165) is 25.4 Å². The molecule has 0 radical (unpaired) electrons. The summed E-state index contributed by atoms with van der Waals surface area (Å²) in [6, 6.07) is 0. The van der Waals surface area contributed by atoms with Crippen LogP contribution in [0.4, 0.5) is 0 Å². The maximum Gasteiger partial charge on any atom is 3.00 e. The first kappa shape index (κ1) is 153. The molecule has 3 aliphatic heterocycles. The molecule has 3 heterocycles. The van der Waals surface area contributed by atoms with Gasteiger partial charge in [-0.1, -0.05) is 335 Å². The van der Waals surface area contributed by atoms with Gasteiger partial charge in [0.15, 0.2) is 0 Å². The second kappa shape index (κ2) is 96.8. The van der Waals surface area contributed by atoms with Crippen LogP contribution in [-0.2, 0) is 90.0 Å². The standard InChI is InChI=1S/3C12H24O6.6C6H18NSi2.C4H10O.C2H2O2.2K.2Tm/c3*1-2-14-5-6-16-9-10-18-12-11-17-8-7-15-4-3-13-1;6*1-8(2,3)7-9(4,5)6;1-3-5-4-2;3-1-2-4;;;;/h3*1-12H2;6*1-6H3;3-4H2,1-2H3;3-4H;;;;/q;;;6*-1;;;2*+1;2*+3/p-2. The largest absolute Gasteiger partial charge is 3.00 e. The molecule has 0 spiro atoms. The zero-order valence-electron chi connectivity index (χ0n) is 85.7. The van der Waals surface area contributed by atoms with Crippen LogP contribution in [0.25, 0.3) is 27.9 Å². The van der Waals surface area contributed by atoms with E-state index in [9.17, 15) is 0 Å². The third-order valence-corrected chi connectivity index (χ3v) is 43.4. The molecule has 3 fully saturated rings. The predicted octanol–water partition coefficient (Wildman–Crippen LogP) is 11.2. The molecule has 3 saturated heterocycles. The van der Waals surface area contributed by atoms with Crippen LogP contribution in [0, 0.1) is 86.0 Å². The van der Waals surface area contributed by atoms with Gasteiger partial charge < -0.3 is 128 Å². The van der Waals surface area contributed by atoms with Gasteiger partial charge >= 0.3 is 177 Å². The summed E-state index contributed by atoms with van der Waals surface area (Å²) < 4.78 is 130. The number of hydrogen-bond acceptors (Lipinski definition) is 21. The van der Waals surface area contributed by atoms with Gasteiger partial charge in [-0.2, -0.15) is 12.2 Å². The van der Waals surface area contributed by atoms with Gasteiger partial charge in [0, 0.05) is 13.2 Å². The van der Waals surface area contributed by atoms with Gasteiger partial charge in [0.1, 0.15) is 0 Å². The Labute approximate surface area is 903 Å². The van der Waals surface area contributed by atoms with E-state index in [1.165, 1.54) is 0 Å². The maximum absolute atomic E-state index is 8.62. The quantitative estimate of drug-likeness (QED) is 0.115. The van der Waals surface area contributed by atoms with E-state index in [2.05, 4.69) is 236 Å². The molecule has 3 aliphatic rings. The average Bonchev–Trinajstić information content (AvgIpc) is 0.948. The monoisotopic (exact) mass is 2300 g/mol. The zero-order chi connectivity index (χ0) is 92.0. The fourth-order valence-corrected chi connectivity index (χ4v) is 58.5. The SMILES string of the molecule is C1COCCOCCOCCOCCOCCO1.C1COCCOCCOCCOCCOCCO1.C1COCCOCCOCCOCCOCCO1.CCOCC.C[Si](C)(C)[N-][Si](C)(C)C.C[Si](C)(C)[N-][Si](C)(C)C.C[Si](C)(C)[N-][Si](C)(C)C.C[Si](C)(C)[N-][Si](C)(C)C.C[Si](C)(C)[N-][Si](C)(C)C.C[Si](C)(C)[N-][Si](C)(C)C.[K+].[K+].[O-]C#C[O-].[Tm+3].[Tm+3]. The fourth-order valence-electron chi connectivity index (χ4n) is 10.2. The van der Waals surface area contributed by atoms with E-state index in [-0.39, 0.29) is 177 Å². The summed E-state index contributed by atoms with van der Waals surface area (Å²) >= 11 is 0. The summed E-state index contributed by atoms with van der Waals surface area (Å²) in [5, 5.41) is 17.2. The van der Waals surface area contributed by atoms with E-state index in [1.54, 1.807) is 0 Å². The Hall–Kier alpha value is 6.50. The Morgan fingerprint density at radius 2 is 0.231 bits per heavy atom. The molecule has 43 heteroatoms. The summed E-state index contributed by atoms with van der Waals surface area (Å²) in [7, 11) is -13.3.